The molecule has 1 N–H and O–H groups in total. The maximum Gasteiger partial charge on any atom is 0.178 e. The van der Waals surface area contributed by atoms with Gasteiger partial charge in [0.15, 0.2) is 5.69 Å². The van der Waals surface area contributed by atoms with E-state index in [1.165, 1.54) is 4.68 Å². The summed E-state index contributed by atoms with van der Waals surface area (Å²) in [6.45, 7) is 2.16. The summed E-state index contributed by atoms with van der Waals surface area (Å²) in [4.78, 5) is 8.58. The molecule has 0 unspecified atom stereocenters. The number of nitrogens with one attached hydrogen (secondary N) is 1. The number of rotatable bonds is 6. The highest BCUT2D eigenvalue weighted by Gasteiger charge is 2.22. The van der Waals surface area contributed by atoms with Gasteiger partial charge < -0.3 is 5.32 Å². The number of thioether (sulfide) groups is 1. The summed E-state index contributed by atoms with van der Waals surface area (Å²) >= 11 is 13.6. The molecule has 3 rings (SSSR count). The fourth-order valence-electron chi connectivity index (χ4n) is 2.48. The molecule has 0 atom stereocenters. The van der Waals surface area contributed by atoms with Crippen LogP contribution in [0.2, 0.25) is 10.0 Å². The topological polar surface area (TPSA) is 79.4 Å². The summed E-state index contributed by atoms with van der Waals surface area (Å²) in [5.74, 6) is 0.410. The Morgan fingerprint density at radius 1 is 1.30 bits per heavy atom. The number of aryl methyl sites for hydroxylation is 1. The highest BCUT2D eigenvalue weighted by molar-refractivity contribution is 7.99. The molecule has 0 aliphatic rings. The molecule has 27 heavy (non-hydrogen) atoms. The van der Waals surface area contributed by atoms with E-state index in [2.05, 4.69) is 20.4 Å². The van der Waals surface area contributed by atoms with Crippen LogP contribution in [0.1, 0.15) is 17.0 Å². The van der Waals surface area contributed by atoms with Crippen LogP contribution in [0.25, 0.3) is 5.69 Å². The van der Waals surface area contributed by atoms with Gasteiger partial charge in [0.05, 0.1) is 33.4 Å². The lowest BCUT2D eigenvalue weighted by Crippen LogP contribution is -2.09. The fourth-order valence-corrected chi connectivity index (χ4v) is 3.86. The minimum atomic E-state index is -0.713. The molecular weight excluding hydrogens is 410 g/mol. The van der Waals surface area contributed by atoms with Crippen LogP contribution < -0.4 is 5.32 Å². The van der Waals surface area contributed by atoms with Crippen molar-refractivity contribution in [1.82, 2.24) is 19.7 Å². The van der Waals surface area contributed by atoms with Gasteiger partial charge in [-0.25, -0.2) is 9.07 Å². The van der Waals surface area contributed by atoms with E-state index in [-0.39, 0.29) is 5.69 Å². The number of hydrogen-bond donors (Lipinski definition) is 1. The van der Waals surface area contributed by atoms with Gasteiger partial charge >= 0.3 is 0 Å². The Morgan fingerprint density at radius 2 is 2.04 bits per heavy atom. The third-order valence-corrected chi connectivity index (χ3v) is 4.93. The average molecular weight is 423 g/mol. The van der Waals surface area contributed by atoms with Crippen molar-refractivity contribution in [3.63, 3.8) is 0 Å². The summed E-state index contributed by atoms with van der Waals surface area (Å²) < 4.78 is 14.5. The molecule has 10 heteroatoms. The van der Waals surface area contributed by atoms with Crippen molar-refractivity contribution in [2.45, 2.75) is 18.4 Å². The first-order valence-electron chi connectivity index (χ1n) is 7.71. The molecule has 0 amide bonds. The Bertz CT molecular complexity index is 980. The molecule has 0 aliphatic heterocycles. The van der Waals surface area contributed by atoms with Crippen LogP contribution >= 0.6 is 35.0 Å². The standard InChI is InChI=1S/C17H13Cl2FN6S/c1-10-4-12(18)15(13(19)5-10)26-17(16(27-9-20)14(6-21)25-26)24-8-11-7-22-2-3-23-11/h2-5,7,24H,8-9H2,1H3. The van der Waals surface area contributed by atoms with Crippen molar-refractivity contribution in [2.75, 3.05) is 11.3 Å². The Balaban J connectivity index is 2.12. The molecule has 0 fully saturated rings. The summed E-state index contributed by atoms with van der Waals surface area (Å²) in [7, 11) is 0. The van der Waals surface area contributed by atoms with E-state index >= 15 is 0 Å². The van der Waals surface area contributed by atoms with Gasteiger partial charge in [-0.15, -0.1) is 0 Å². The second kappa shape index (κ2) is 8.57. The number of anilines is 1. The average Bonchev–Trinajstić information content (AvgIpc) is 2.98. The van der Waals surface area contributed by atoms with Gasteiger partial charge in [0.1, 0.15) is 23.6 Å². The first-order chi connectivity index (χ1) is 13.0. The number of alkyl halides is 1. The van der Waals surface area contributed by atoms with Gasteiger partial charge in [-0.3, -0.25) is 9.97 Å². The molecule has 0 aliphatic carbocycles. The lowest BCUT2D eigenvalue weighted by molar-refractivity contribution is 0.605. The minimum absolute atomic E-state index is 0.0759. The molecule has 0 spiro atoms. The van der Waals surface area contributed by atoms with Gasteiger partial charge in [-0.05, 0) is 24.6 Å². The van der Waals surface area contributed by atoms with Crippen LogP contribution in [-0.4, -0.2) is 25.8 Å². The molecule has 138 valence electrons. The van der Waals surface area contributed by atoms with Crippen molar-refractivity contribution in [2.24, 2.45) is 0 Å². The number of aromatic nitrogens is 4. The summed E-state index contributed by atoms with van der Waals surface area (Å²) in [6.07, 6.45) is 4.74. The van der Waals surface area contributed by atoms with Crippen molar-refractivity contribution >= 4 is 40.8 Å². The molecule has 0 bridgehead atoms. The molecule has 6 nitrogen and oxygen atoms in total. The molecule has 0 saturated heterocycles. The third kappa shape index (κ3) is 4.16. The molecule has 3 aromatic rings. The molecule has 2 heterocycles. The fraction of sp³-hybridized carbons (Fsp3) is 0.176. The summed E-state index contributed by atoms with van der Waals surface area (Å²) in [6, 6.07) is 4.76. The molecule has 0 radical (unpaired) electrons. The van der Waals surface area contributed by atoms with Crippen LogP contribution in [0.3, 0.4) is 0 Å². The lowest BCUT2D eigenvalue weighted by atomic mass is 10.2. The number of nitriles is 1. The van der Waals surface area contributed by atoms with Crippen molar-refractivity contribution < 1.29 is 4.39 Å². The van der Waals surface area contributed by atoms with E-state index in [1.807, 2.05) is 13.0 Å². The molecule has 1 aromatic carbocycles. The smallest absolute Gasteiger partial charge is 0.178 e. The first-order valence-corrected chi connectivity index (χ1v) is 9.46. The predicted octanol–water partition coefficient (Wildman–Crippen LogP) is 4.78. The molecule has 2 aromatic heterocycles. The maximum atomic E-state index is 13.1. The lowest BCUT2D eigenvalue weighted by Gasteiger charge is -2.14. The van der Waals surface area contributed by atoms with Crippen LogP contribution in [0.4, 0.5) is 10.2 Å². The van der Waals surface area contributed by atoms with Gasteiger partial charge in [-0.2, -0.15) is 10.4 Å². The number of hydrogen-bond acceptors (Lipinski definition) is 6. The van der Waals surface area contributed by atoms with E-state index in [4.69, 9.17) is 23.2 Å². The van der Waals surface area contributed by atoms with E-state index in [0.29, 0.717) is 38.7 Å². The Labute approximate surface area is 169 Å². The highest BCUT2D eigenvalue weighted by Crippen LogP contribution is 2.38. The second-order valence-electron chi connectivity index (χ2n) is 5.43. The van der Waals surface area contributed by atoms with Crippen LogP contribution in [0.15, 0.2) is 35.6 Å². The largest absolute Gasteiger partial charge is 0.363 e. The van der Waals surface area contributed by atoms with E-state index in [9.17, 15) is 9.65 Å². The van der Waals surface area contributed by atoms with Crippen molar-refractivity contribution in [1.29, 1.82) is 5.26 Å². The molecule has 0 saturated carbocycles. The Morgan fingerprint density at radius 3 is 2.63 bits per heavy atom. The van der Waals surface area contributed by atoms with Gasteiger partial charge in [0, 0.05) is 12.4 Å². The van der Waals surface area contributed by atoms with Gasteiger partial charge in [0.2, 0.25) is 0 Å². The zero-order chi connectivity index (χ0) is 19.4. The van der Waals surface area contributed by atoms with E-state index in [1.54, 1.807) is 30.7 Å². The van der Waals surface area contributed by atoms with E-state index in [0.717, 1.165) is 17.3 Å². The zero-order valence-electron chi connectivity index (χ0n) is 14.1. The quantitative estimate of drug-likeness (QED) is 0.575. The van der Waals surface area contributed by atoms with Crippen molar-refractivity contribution in [3.05, 3.63) is 57.7 Å². The third-order valence-electron chi connectivity index (χ3n) is 3.57. The van der Waals surface area contributed by atoms with Gasteiger partial charge in [0.25, 0.3) is 0 Å². The number of nitrogens with zero attached hydrogens (tertiary/aromatic N) is 5. The molecular formula is C17H13Cl2FN6S. The van der Waals surface area contributed by atoms with Crippen molar-refractivity contribution in [3.8, 4) is 11.8 Å². The Kier molecular flexibility index (Phi) is 6.16. The number of halogens is 3. The predicted molar refractivity (Wildman–Crippen MR) is 104 cm³/mol. The van der Waals surface area contributed by atoms with E-state index < -0.39 is 6.01 Å². The highest BCUT2D eigenvalue weighted by atomic mass is 35.5. The SMILES string of the molecule is Cc1cc(Cl)c(-n2nc(C#N)c(SCF)c2NCc2cnccn2)c(Cl)c1. The van der Waals surface area contributed by atoms with Crippen LogP contribution in [-0.2, 0) is 6.54 Å². The minimum Gasteiger partial charge on any atom is -0.363 e. The van der Waals surface area contributed by atoms with Crippen LogP contribution in [0.5, 0.6) is 0 Å². The normalized spacial score (nSPS) is 10.6. The first kappa shape index (κ1) is 19.4. The maximum absolute atomic E-state index is 13.1. The monoisotopic (exact) mass is 422 g/mol. The van der Waals surface area contributed by atoms with Gasteiger partial charge in [-0.1, -0.05) is 35.0 Å². The summed E-state index contributed by atoms with van der Waals surface area (Å²) in [5.41, 5.74) is 2.04. The summed E-state index contributed by atoms with van der Waals surface area (Å²) in [5, 5.41) is 17.6. The zero-order valence-corrected chi connectivity index (χ0v) is 16.4. The second-order valence-corrected chi connectivity index (χ2v) is 7.16. The van der Waals surface area contributed by atoms with Crippen LogP contribution in [0, 0.1) is 18.3 Å². The Hall–Kier alpha value is -2.34. The number of benzene rings is 1.